The number of nitrogens with one attached hydrogen (secondary N) is 1. The molecule has 0 radical (unpaired) electrons. The number of rotatable bonds is 5. The third-order valence-corrected chi connectivity index (χ3v) is 4.48. The van der Waals surface area contributed by atoms with Gasteiger partial charge >= 0.3 is 0 Å². The Morgan fingerprint density at radius 1 is 1.38 bits per heavy atom. The van der Waals surface area contributed by atoms with Gasteiger partial charge in [-0.1, -0.05) is 11.6 Å². The second-order valence-corrected chi connectivity index (χ2v) is 6.39. The van der Waals surface area contributed by atoms with Gasteiger partial charge in [0.25, 0.3) is 0 Å². The van der Waals surface area contributed by atoms with Crippen LogP contribution in [0.25, 0.3) is 10.8 Å². The molecule has 0 spiro atoms. The van der Waals surface area contributed by atoms with Crippen LogP contribution in [0, 0.1) is 6.92 Å². The lowest BCUT2D eigenvalue weighted by Gasteiger charge is -2.07. The summed E-state index contributed by atoms with van der Waals surface area (Å²) in [5.74, 6) is 1.94. The Morgan fingerprint density at radius 2 is 2.21 bits per heavy atom. The molecule has 0 unspecified atom stereocenters. The second-order valence-electron chi connectivity index (χ2n) is 5.13. The van der Waals surface area contributed by atoms with Crippen LogP contribution in [0.3, 0.4) is 0 Å². The number of carbonyl (C=O) groups is 1. The zero-order valence-corrected chi connectivity index (χ0v) is 14.7. The first-order chi connectivity index (χ1) is 11.5. The zero-order valence-electron chi connectivity index (χ0n) is 13.1. The molecule has 3 aromatic rings. The standard InChI is InChI=1S/C17H15ClN2O3S/c1-10-3-5-15(23-10)17-20-12(9-24-17)8-16(21)19-11-4-6-14(22-2)13(18)7-11/h3-7,9H,8H2,1-2H3,(H,19,21). The van der Waals surface area contributed by atoms with Gasteiger partial charge in [-0.25, -0.2) is 4.98 Å². The van der Waals surface area contributed by atoms with Crippen LogP contribution in [0.2, 0.25) is 5.02 Å². The second kappa shape index (κ2) is 7.07. The molecule has 0 saturated carbocycles. The van der Waals surface area contributed by atoms with Crippen molar-refractivity contribution in [2.75, 3.05) is 12.4 Å². The first kappa shape index (κ1) is 16.5. The van der Waals surface area contributed by atoms with Crippen molar-refractivity contribution in [2.24, 2.45) is 0 Å². The molecule has 0 bridgehead atoms. The fourth-order valence-electron chi connectivity index (χ4n) is 2.16. The van der Waals surface area contributed by atoms with Gasteiger partial charge in [-0.15, -0.1) is 11.3 Å². The van der Waals surface area contributed by atoms with Crippen LogP contribution in [0.5, 0.6) is 5.75 Å². The normalized spacial score (nSPS) is 10.6. The number of benzene rings is 1. The number of furan rings is 1. The minimum Gasteiger partial charge on any atom is -0.495 e. The van der Waals surface area contributed by atoms with Crippen molar-refractivity contribution in [1.29, 1.82) is 0 Å². The van der Waals surface area contributed by atoms with E-state index in [9.17, 15) is 4.79 Å². The smallest absolute Gasteiger partial charge is 0.230 e. The van der Waals surface area contributed by atoms with Crippen molar-refractivity contribution < 1.29 is 13.9 Å². The van der Waals surface area contributed by atoms with Gasteiger partial charge in [0.1, 0.15) is 11.5 Å². The van der Waals surface area contributed by atoms with Gasteiger partial charge in [0.05, 0.1) is 24.2 Å². The highest BCUT2D eigenvalue weighted by Gasteiger charge is 2.12. The lowest BCUT2D eigenvalue weighted by Crippen LogP contribution is -2.14. The van der Waals surface area contributed by atoms with Crippen LogP contribution in [0.15, 0.2) is 40.1 Å². The molecule has 0 aliphatic carbocycles. The third-order valence-electron chi connectivity index (χ3n) is 3.28. The molecule has 124 valence electrons. The molecule has 0 aliphatic rings. The molecule has 3 rings (SSSR count). The molecule has 1 N–H and O–H groups in total. The van der Waals surface area contributed by atoms with E-state index in [0.29, 0.717) is 27.9 Å². The molecule has 24 heavy (non-hydrogen) atoms. The van der Waals surface area contributed by atoms with Crippen molar-refractivity contribution in [3.63, 3.8) is 0 Å². The van der Waals surface area contributed by atoms with E-state index < -0.39 is 0 Å². The number of aryl methyl sites for hydroxylation is 1. The van der Waals surface area contributed by atoms with Gasteiger partial charge in [0, 0.05) is 11.1 Å². The summed E-state index contributed by atoms with van der Waals surface area (Å²) in [6.45, 7) is 1.88. The number of hydrogen-bond acceptors (Lipinski definition) is 5. The average molecular weight is 363 g/mol. The van der Waals surface area contributed by atoms with E-state index in [4.69, 9.17) is 20.8 Å². The summed E-state index contributed by atoms with van der Waals surface area (Å²) in [5, 5.41) is 5.86. The lowest BCUT2D eigenvalue weighted by molar-refractivity contribution is -0.115. The molecule has 7 heteroatoms. The first-order valence-electron chi connectivity index (χ1n) is 7.20. The van der Waals surface area contributed by atoms with E-state index in [2.05, 4.69) is 10.3 Å². The number of nitrogens with zero attached hydrogens (tertiary/aromatic N) is 1. The SMILES string of the molecule is COc1ccc(NC(=O)Cc2csc(-c3ccc(C)o3)n2)cc1Cl. The average Bonchev–Trinajstić information content (AvgIpc) is 3.16. The summed E-state index contributed by atoms with van der Waals surface area (Å²) in [5.41, 5.74) is 1.31. The Balaban J connectivity index is 1.65. The molecule has 1 aromatic carbocycles. The number of halogens is 1. The fraction of sp³-hybridized carbons (Fsp3) is 0.176. The zero-order chi connectivity index (χ0) is 17.1. The number of carbonyl (C=O) groups excluding carboxylic acids is 1. The van der Waals surface area contributed by atoms with E-state index in [1.165, 1.54) is 11.3 Å². The maximum Gasteiger partial charge on any atom is 0.230 e. The molecule has 2 aromatic heterocycles. The topological polar surface area (TPSA) is 64.4 Å². The summed E-state index contributed by atoms with van der Waals surface area (Å²) in [7, 11) is 1.54. The molecule has 5 nitrogen and oxygen atoms in total. The van der Waals surface area contributed by atoms with Gasteiger partial charge in [-0.2, -0.15) is 0 Å². The number of thiazole rings is 1. The molecule has 0 fully saturated rings. The Kier molecular flexibility index (Phi) is 4.87. The van der Waals surface area contributed by atoms with Crippen LogP contribution in [0.1, 0.15) is 11.5 Å². The number of anilines is 1. The number of ether oxygens (including phenoxy) is 1. The van der Waals surface area contributed by atoms with Crippen molar-refractivity contribution in [1.82, 2.24) is 4.98 Å². The predicted molar refractivity (Wildman–Crippen MR) is 94.9 cm³/mol. The summed E-state index contributed by atoms with van der Waals surface area (Å²) < 4.78 is 10.6. The van der Waals surface area contributed by atoms with Gasteiger partial charge in [0.2, 0.25) is 5.91 Å². The van der Waals surface area contributed by atoms with Crippen LogP contribution >= 0.6 is 22.9 Å². The van der Waals surface area contributed by atoms with Crippen LogP contribution in [-0.4, -0.2) is 18.0 Å². The molecule has 0 aliphatic heterocycles. The molecule has 0 saturated heterocycles. The molecule has 2 heterocycles. The monoisotopic (exact) mass is 362 g/mol. The Bertz CT molecular complexity index is 872. The molecular formula is C17H15ClN2O3S. The number of methoxy groups -OCH3 is 1. The highest BCUT2D eigenvalue weighted by molar-refractivity contribution is 7.13. The summed E-state index contributed by atoms with van der Waals surface area (Å²) in [4.78, 5) is 16.6. The van der Waals surface area contributed by atoms with E-state index in [1.54, 1.807) is 25.3 Å². The van der Waals surface area contributed by atoms with Crippen LogP contribution in [0.4, 0.5) is 5.69 Å². The Labute approximate surface area is 148 Å². The highest BCUT2D eigenvalue weighted by atomic mass is 35.5. The van der Waals surface area contributed by atoms with Crippen LogP contribution < -0.4 is 10.1 Å². The van der Waals surface area contributed by atoms with E-state index in [0.717, 1.165) is 10.8 Å². The van der Waals surface area contributed by atoms with Crippen LogP contribution in [-0.2, 0) is 11.2 Å². The first-order valence-corrected chi connectivity index (χ1v) is 8.45. The minimum absolute atomic E-state index is 0.163. The maximum absolute atomic E-state index is 12.2. The van der Waals surface area contributed by atoms with Gasteiger partial charge in [-0.3, -0.25) is 4.79 Å². The van der Waals surface area contributed by atoms with Gasteiger partial charge in [-0.05, 0) is 37.3 Å². The summed E-state index contributed by atoms with van der Waals surface area (Å²) >= 11 is 7.50. The predicted octanol–water partition coefficient (Wildman–Crippen LogP) is 4.55. The van der Waals surface area contributed by atoms with E-state index >= 15 is 0 Å². The summed E-state index contributed by atoms with van der Waals surface area (Å²) in [6.07, 6.45) is 0.180. The van der Waals surface area contributed by atoms with Crippen molar-refractivity contribution in [3.05, 3.63) is 52.2 Å². The van der Waals surface area contributed by atoms with Gasteiger partial charge in [0.15, 0.2) is 10.8 Å². The largest absolute Gasteiger partial charge is 0.495 e. The van der Waals surface area contributed by atoms with Gasteiger partial charge < -0.3 is 14.5 Å². The maximum atomic E-state index is 12.2. The Hall–Kier alpha value is -2.31. The highest BCUT2D eigenvalue weighted by Crippen LogP contribution is 2.28. The lowest BCUT2D eigenvalue weighted by atomic mass is 10.2. The molecule has 0 atom stereocenters. The van der Waals surface area contributed by atoms with Crippen molar-refractivity contribution >= 4 is 34.5 Å². The summed E-state index contributed by atoms with van der Waals surface area (Å²) in [6, 6.07) is 8.85. The van der Waals surface area contributed by atoms with Crippen molar-refractivity contribution in [3.8, 4) is 16.5 Å². The third kappa shape index (κ3) is 3.77. The van der Waals surface area contributed by atoms with Crippen molar-refractivity contribution in [2.45, 2.75) is 13.3 Å². The molecular weight excluding hydrogens is 348 g/mol. The van der Waals surface area contributed by atoms with E-state index in [1.807, 2.05) is 24.4 Å². The Morgan fingerprint density at radius 3 is 2.88 bits per heavy atom. The number of hydrogen-bond donors (Lipinski definition) is 1. The fourth-order valence-corrected chi connectivity index (χ4v) is 3.20. The molecule has 1 amide bonds. The number of aromatic nitrogens is 1. The number of amides is 1. The quantitative estimate of drug-likeness (QED) is 0.722. The van der Waals surface area contributed by atoms with E-state index in [-0.39, 0.29) is 12.3 Å². The minimum atomic E-state index is -0.163.